The van der Waals surface area contributed by atoms with Gasteiger partial charge in [-0.15, -0.1) is 0 Å². The molecule has 0 saturated carbocycles. The largest absolute Gasteiger partial charge is 0.355 e. The summed E-state index contributed by atoms with van der Waals surface area (Å²) in [5.41, 5.74) is 1.60. The lowest BCUT2D eigenvalue weighted by Crippen LogP contribution is -2.43. The highest BCUT2D eigenvalue weighted by Gasteiger charge is 2.24. The smallest absolute Gasteiger partial charge is 0.319 e. The van der Waals surface area contributed by atoms with Crippen LogP contribution in [0, 0.1) is 4.91 Å². The fourth-order valence-corrected chi connectivity index (χ4v) is 2.88. The summed E-state index contributed by atoms with van der Waals surface area (Å²) in [4.78, 5) is 35.1. The second-order valence-corrected chi connectivity index (χ2v) is 7.29. The van der Waals surface area contributed by atoms with E-state index in [2.05, 4.69) is 21.1 Å². The van der Waals surface area contributed by atoms with Gasteiger partial charge in [-0.05, 0) is 50.1 Å². The van der Waals surface area contributed by atoms with Gasteiger partial charge in [0, 0.05) is 12.7 Å². The van der Waals surface area contributed by atoms with E-state index in [0.29, 0.717) is 10.7 Å². The van der Waals surface area contributed by atoms with Gasteiger partial charge in [0.1, 0.15) is 6.04 Å². The van der Waals surface area contributed by atoms with E-state index in [9.17, 15) is 14.5 Å². The molecule has 148 valence electrons. The highest BCUT2D eigenvalue weighted by molar-refractivity contribution is 6.34. The number of amides is 3. The molecule has 1 unspecified atom stereocenters. The summed E-state index contributed by atoms with van der Waals surface area (Å²) in [6, 6.07) is 11.1. The van der Waals surface area contributed by atoms with Crippen LogP contribution in [-0.4, -0.2) is 19.0 Å². The SMILES string of the molecule is CNC(=O)c1cc(NC(=O)NC(C)(C)c2cccc(C(C)N=O)c2)ccc1Cl. The molecule has 0 spiro atoms. The maximum absolute atomic E-state index is 12.5. The first-order valence-corrected chi connectivity index (χ1v) is 9.09. The van der Waals surface area contributed by atoms with Crippen molar-refractivity contribution < 1.29 is 9.59 Å². The molecule has 0 heterocycles. The first kappa shape index (κ1) is 21.4. The van der Waals surface area contributed by atoms with Crippen LogP contribution in [-0.2, 0) is 5.54 Å². The van der Waals surface area contributed by atoms with Crippen molar-refractivity contribution in [3.8, 4) is 0 Å². The van der Waals surface area contributed by atoms with Gasteiger partial charge in [-0.2, -0.15) is 4.91 Å². The normalized spacial score (nSPS) is 12.0. The number of carbonyl (C=O) groups is 2. The van der Waals surface area contributed by atoms with E-state index in [0.717, 1.165) is 11.1 Å². The number of carbonyl (C=O) groups excluding carboxylic acids is 2. The fourth-order valence-electron chi connectivity index (χ4n) is 2.68. The molecule has 0 aliphatic rings. The van der Waals surface area contributed by atoms with Crippen molar-refractivity contribution in [2.45, 2.75) is 32.4 Å². The van der Waals surface area contributed by atoms with Crippen LogP contribution < -0.4 is 16.0 Å². The van der Waals surface area contributed by atoms with E-state index < -0.39 is 17.6 Å². The lowest BCUT2D eigenvalue weighted by atomic mass is 9.92. The molecule has 0 fully saturated rings. The van der Waals surface area contributed by atoms with Gasteiger partial charge in [-0.25, -0.2) is 4.79 Å². The van der Waals surface area contributed by atoms with Crippen LogP contribution in [0.15, 0.2) is 47.6 Å². The van der Waals surface area contributed by atoms with Gasteiger partial charge in [-0.3, -0.25) is 4.79 Å². The molecule has 8 heteroatoms. The minimum Gasteiger partial charge on any atom is -0.355 e. The Morgan fingerprint density at radius 2 is 1.86 bits per heavy atom. The average Bonchev–Trinajstić information content (AvgIpc) is 2.67. The summed E-state index contributed by atoms with van der Waals surface area (Å²) in [6.45, 7) is 5.41. The monoisotopic (exact) mass is 402 g/mol. The maximum atomic E-state index is 12.5. The highest BCUT2D eigenvalue weighted by atomic mass is 35.5. The zero-order valence-electron chi connectivity index (χ0n) is 16.2. The third-order valence-electron chi connectivity index (χ3n) is 4.37. The molecule has 2 rings (SSSR count). The number of benzene rings is 2. The number of hydrogen-bond donors (Lipinski definition) is 3. The third-order valence-corrected chi connectivity index (χ3v) is 4.70. The Bertz CT molecular complexity index is 899. The predicted octanol–water partition coefficient (Wildman–Crippen LogP) is 4.58. The minimum absolute atomic E-state index is 0.268. The van der Waals surface area contributed by atoms with Crippen molar-refractivity contribution in [2.24, 2.45) is 5.18 Å². The van der Waals surface area contributed by atoms with Gasteiger partial charge in [0.15, 0.2) is 0 Å². The van der Waals surface area contributed by atoms with Gasteiger partial charge in [0.05, 0.1) is 16.1 Å². The number of halogens is 1. The molecule has 28 heavy (non-hydrogen) atoms. The number of nitroso groups, excluding NO2 is 1. The first-order chi connectivity index (χ1) is 13.2. The van der Waals surface area contributed by atoms with Crippen LogP contribution in [0.25, 0.3) is 0 Å². The third kappa shape index (κ3) is 5.07. The second kappa shape index (κ2) is 8.84. The number of urea groups is 1. The molecule has 1 atom stereocenters. The van der Waals surface area contributed by atoms with Gasteiger partial charge in [0.2, 0.25) is 0 Å². The van der Waals surface area contributed by atoms with Gasteiger partial charge in [-0.1, -0.05) is 41.0 Å². The lowest BCUT2D eigenvalue weighted by Gasteiger charge is -2.27. The van der Waals surface area contributed by atoms with E-state index in [4.69, 9.17) is 11.6 Å². The Morgan fingerprint density at radius 3 is 2.50 bits per heavy atom. The number of rotatable bonds is 6. The minimum atomic E-state index is -0.710. The molecule has 0 aliphatic carbocycles. The number of anilines is 1. The molecule has 0 aromatic heterocycles. The molecule has 2 aromatic carbocycles. The molecule has 0 bridgehead atoms. The Balaban J connectivity index is 2.16. The van der Waals surface area contributed by atoms with Crippen molar-refractivity contribution in [1.29, 1.82) is 0 Å². The Hall–Kier alpha value is -2.93. The molecular weight excluding hydrogens is 380 g/mol. The van der Waals surface area contributed by atoms with Crippen LogP contribution in [0.2, 0.25) is 5.02 Å². The molecule has 7 nitrogen and oxygen atoms in total. The summed E-state index contributed by atoms with van der Waals surface area (Å²) in [5.74, 6) is -0.343. The van der Waals surface area contributed by atoms with Gasteiger partial charge < -0.3 is 16.0 Å². The molecule has 3 N–H and O–H groups in total. The van der Waals surface area contributed by atoms with E-state index in [-0.39, 0.29) is 11.5 Å². The van der Waals surface area contributed by atoms with Crippen molar-refractivity contribution in [3.63, 3.8) is 0 Å². The zero-order chi connectivity index (χ0) is 20.9. The van der Waals surface area contributed by atoms with Crippen molar-refractivity contribution in [1.82, 2.24) is 10.6 Å². The van der Waals surface area contributed by atoms with Crippen LogP contribution in [0.1, 0.15) is 48.3 Å². The lowest BCUT2D eigenvalue weighted by molar-refractivity contribution is 0.0963. The maximum Gasteiger partial charge on any atom is 0.319 e. The Morgan fingerprint density at radius 1 is 1.14 bits per heavy atom. The van der Waals surface area contributed by atoms with E-state index in [1.165, 1.54) is 13.1 Å². The van der Waals surface area contributed by atoms with Gasteiger partial charge >= 0.3 is 6.03 Å². The summed E-state index contributed by atoms with van der Waals surface area (Å²) < 4.78 is 0. The summed E-state index contributed by atoms with van der Waals surface area (Å²) in [7, 11) is 1.50. The second-order valence-electron chi connectivity index (χ2n) is 6.88. The van der Waals surface area contributed by atoms with Crippen LogP contribution in [0.5, 0.6) is 0 Å². The van der Waals surface area contributed by atoms with Gasteiger partial charge in [0.25, 0.3) is 5.91 Å². The average molecular weight is 403 g/mol. The highest BCUT2D eigenvalue weighted by Crippen LogP contribution is 2.25. The van der Waals surface area contributed by atoms with E-state index in [1.54, 1.807) is 19.1 Å². The summed E-state index contributed by atoms with van der Waals surface area (Å²) in [6.07, 6.45) is 0. The zero-order valence-corrected chi connectivity index (χ0v) is 16.9. The topological polar surface area (TPSA) is 99.7 Å². The van der Waals surface area contributed by atoms with E-state index in [1.807, 2.05) is 38.1 Å². The number of nitrogens with one attached hydrogen (secondary N) is 3. The number of nitrogens with zero attached hydrogens (tertiary/aromatic N) is 1. The summed E-state index contributed by atoms with van der Waals surface area (Å²) in [5, 5.41) is 11.4. The molecular formula is C20H23ClN4O3. The van der Waals surface area contributed by atoms with E-state index >= 15 is 0 Å². The fraction of sp³-hybridized carbons (Fsp3) is 0.300. The standard InChI is InChI=1S/C20H23ClN4O3/c1-12(25-28)13-6-5-7-14(10-13)20(2,3)24-19(27)23-15-8-9-17(21)16(11-15)18(26)22-4/h5-12H,1-4H3,(H,22,26)(H2,23,24,27). The van der Waals surface area contributed by atoms with Crippen LogP contribution >= 0.6 is 11.6 Å². The van der Waals surface area contributed by atoms with Crippen LogP contribution in [0.3, 0.4) is 0 Å². The molecule has 3 amide bonds. The Kier molecular flexibility index (Phi) is 6.75. The molecule has 2 aromatic rings. The van der Waals surface area contributed by atoms with Crippen molar-refractivity contribution in [3.05, 3.63) is 69.1 Å². The predicted molar refractivity (Wildman–Crippen MR) is 111 cm³/mol. The van der Waals surface area contributed by atoms with Crippen molar-refractivity contribution in [2.75, 3.05) is 12.4 Å². The van der Waals surface area contributed by atoms with Crippen molar-refractivity contribution >= 4 is 29.2 Å². The Labute approximate surface area is 168 Å². The first-order valence-electron chi connectivity index (χ1n) is 8.71. The molecule has 0 saturated heterocycles. The van der Waals surface area contributed by atoms with Crippen LogP contribution in [0.4, 0.5) is 10.5 Å². The molecule has 0 radical (unpaired) electrons. The number of hydrogen-bond acceptors (Lipinski definition) is 4. The quantitative estimate of drug-likeness (QED) is 0.616. The molecule has 0 aliphatic heterocycles. The summed E-state index contributed by atoms with van der Waals surface area (Å²) >= 11 is 6.03.